The maximum Gasteiger partial charge on any atom is 0.220 e. The van der Waals surface area contributed by atoms with E-state index in [0.29, 0.717) is 6.42 Å². The van der Waals surface area contributed by atoms with E-state index >= 15 is 0 Å². The Kier molecular flexibility index (Phi) is 55.1. The predicted octanol–water partition coefficient (Wildman–Crippen LogP) is 17.7. The highest BCUT2D eigenvalue weighted by Gasteiger charge is 2.44. The van der Waals surface area contributed by atoms with Gasteiger partial charge in [-0.3, -0.25) is 4.79 Å². The first kappa shape index (κ1) is 74.4. The Morgan fingerprint density at radius 3 is 1.22 bits per heavy atom. The fourth-order valence-corrected chi connectivity index (χ4v) is 10.3. The third-order valence-corrected chi connectivity index (χ3v) is 15.5. The molecule has 1 fully saturated rings. The van der Waals surface area contributed by atoms with Gasteiger partial charge in [0.1, 0.15) is 24.4 Å². The maximum atomic E-state index is 13.1. The molecule has 0 aliphatic carbocycles. The van der Waals surface area contributed by atoms with Crippen LogP contribution in [0.15, 0.2) is 85.1 Å². The number of unbranched alkanes of at least 4 members (excludes halogenated alkanes) is 35. The van der Waals surface area contributed by atoms with Gasteiger partial charge in [-0.25, -0.2) is 0 Å². The van der Waals surface area contributed by atoms with E-state index in [2.05, 4.69) is 92.1 Å². The summed E-state index contributed by atoms with van der Waals surface area (Å²) in [6.45, 7) is 3.68. The molecule has 0 bridgehead atoms. The minimum absolute atomic E-state index is 0.188. The molecule has 7 unspecified atom stereocenters. The van der Waals surface area contributed by atoms with Crippen molar-refractivity contribution in [1.29, 1.82) is 0 Å². The molecule has 0 radical (unpaired) electrons. The molecule has 0 aromatic carbocycles. The van der Waals surface area contributed by atoms with Crippen LogP contribution in [0.4, 0.5) is 0 Å². The molecule has 7 atom stereocenters. The van der Waals surface area contributed by atoms with E-state index in [1.165, 1.54) is 205 Å². The summed E-state index contributed by atoms with van der Waals surface area (Å²) in [5, 5.41) is 54.7. The molecule has 0 aromatic rings. The SMILES string of the molecule is CC/C=C\C/C=C\C/C=C\C/C=C\C/C=C\CCCCCCCCCCCCCCCC(=O)NC(COC1OC(CO)C(O)C(O)C1O)C(O)/C=C/CC/C=C/CCCCCCCCCCCCCCCCCCCCCCC. The van der Waals surface area contributed by atoms with Crippen molar-refractivity contribution >= 4 is 5.91 Å². The first-order chi connectivity index (χ1) is 38.8. The highest BCUT2D eigenvalue weighted by atomic mass is 16.7. The average molecular weight is 1110 g/mol. The summed E-state index contributed by atoms with van der Waals surface area (Å²) in [5.74, 6) is -0.188. The van der Waals surface area contributed by atoms with Crippen molar-refractivity contribution in [3.8, 4) is 0 Å². The molecule has 0 saturated carbocycles. The molecule has 6 N–H and O–H groups in total. The lowest BCUT2D eigenvalue weighted by molar-refractivity contribution is -0.302. The summed E-state index contributed by atoms with van der Waals surface area (Å²) in [5.41, 5.74) is 0. The van der Waals surface area contributed by atoms with Crippen LogP contribution >= 0.6 is 0 Å². The number of allylic oxidation sites excluding steroid dienone is 13. The lowest BCUT2D eigenvalue weighted by atomic mass is 9.99. The Labute approximate surface area is 486 Å². The van der Waals surface area contributed by atoms with E-state index in [4.69, 9.17) is 9.47 Å². The summed E-state index contributed by atoms with van der Waals surface area (Å²) in [6.07, 6.45) is 76.7. The number of amides is 1. The summed E-state index contributed by atoms with van der Waals surface area (Å²) in [4.78, 5) is 13.1. The van der Waals surface area contributed by atoms with Crippen molar-refractivity contribution < 1.29 is 39.8 Å². The van der Waals surface area contributed by atoms with E-state index < -0.39 is 49.5 Å². The van der Waals surface area contributed by atoms with Gasteiger partial charge in [-0.1, -0.05) is 298 Å². The Bertz CT molecular complexity index is 1520. The molecule has 1 aliphatic rings. The van der Waals surface area contributed by atoms with Crippen LogP contribution in [-0.2, 0) is 14.3 Å². The molecular weight excluding hydrogens is 983 g/mol. The fourth-order valence-electron chi connectivity index (χ4n) is 10.3. The van der Waals surface area contributed by atoms with Gasteiger partial charge in [-0.15, -0.1) is 0 Å². The molecule has 1 heterocycles. The van der Waals surface area contributed by atoms with Gasteiger partial charge < -0.3 is 40.3 Å². The van der Waals surface area contributed by atoms with E-state index in [1.807, 2.05) is 6.08 Å². The second kappa shape index (κ2) is 58.6. The average Bonchev–Trinajstić information content (AvgIpc) is 3.47. The molecule has 1 saturated heterocycles. The first-order valence-electron chi connectivity index (χ1n) is 33.3. The second-order valence-corrected chi connectivity index (χ2v) is 22.9. The molecule has 1 amide bonds. The normalized spacial score (nSPS) is 19.1. The van der Waals surface area contributed by atoms with E-state index in [-0.39, 0.29) is 12.5 Å². The molecule has 1 aliphatic heterocycles. The van der Waals surface area contributed by atoms with Gasteiger partial charge >= 0.3 is 0 Å². The summed E-state index contributed by atoms with van der Waals surface area (Å²) in [6, 6.07) is -0.828. The highest BCUT2D eigenvalue weighted by Crippen LogP contribution is 2.23. The minimum Gasteiger partial charge on any atom is -0.394 e. The second-order valence-electron chi connectivity index (χ2n) is 22.9. The van der Waals surface area contributed by atoms with Crippen molar-refractivity contribution in [1.82, 2.24) is 5.32 Å². The number of nitrogens with one attached hydrogen (secondary N) is 1. The Hall–Kier alpha value is -2.63. The largest absolute Gasteiger partial charge is 0.394 e. The van der Waals surface area contributed by atoms with Crippen LogP contribution in [0.3, 0.4) is 0 Å². The van der Waals surface area contributed by atoms with Gasteiger partial charge in [0.25, 0.3) is 0 Å². The Balaban J connectivity index is 2.18. The fraction of sp³-hybridized carbons (Fsp3) is 0.786. The van der Waals surface area contributed by atoms with E-state index in [9.17, 15) is 30.3 Å². The molecule has 1 rings (SSSR count). The number of aliphatic hydroxyl groups excluding tert-OH is 5. The van der Waals surface area contributed by atoms with Crippen molar-refractivity contribution in [2.45, 2.75) is 339 Å². The van der Waals surface area contributed by atoms with Crippen LogP contribution in [-0.4, -0.2) is 87.5 Å². The molecule has 79 heavy (non-hydrogen) atoms. The first-order valence-corrected chi connectivity index (χ1v) is 33.3. The monoisotopic (exact) mass is 1110 g/mol. The number of hydrogen-bond acceptors (Lipinski definition) is 8. The summed E-state index contributed by atoms with van der Waals surface area (Å²) >= 11 is 0. The number of ether oxygens (including phenoxy) is 2. The zero-order chi connectivity index (χ0) is 57.2. The van der Waals surface area contributed by atoms with Crippen LogP contribution in [0.1, 0.15) is 296 Å². The molecule has 0 aromatic heterocycles. The minimum atomic E-state index is -1.58. The number of rotatable bonds is 57. The maximum absolute atomic E-state index is 13.1. The molecule has 9 heteroatoms. The quantitative estimate of drug-likeness (QED) is 0.0261. The third-order valence-electron chi connectivity index (χ3n) is 15.5. The molecular formula is C70H125NO8. The van der Waals surface area contributed by atoms with Gasteiger partial charge in [-0.05, 0) is 77.0 Å². The van der Waals surface area contributed by atoms with Gasteiger partial charge in [-0.2, -0.15) is 0 Å². The van der Waals surface area contributed by atoms with Crippen LogP contribution in [0, 0.1) is 0 Å². The lowest BCUT2D eigenvalue weighted by Crippen LogP contribution is -2.60. The Morgan fingerprint density at radius 1 is 0.443 bits per heavy atom. The zero-order valence-corrected chi connectivity index (χ0v) is 51.1. The van der Waals surface area contributed by atoms with Gasteiger partial charge in [0.2, 0.25) is 5.91 Å². The third kappa shape index (κ3) is 47.6. The summed E-state index contributed by atoms with van der Waals surface area (Å²) in [7, 11) is 0. The Morgan fingerprint density at radius 2 is 0.797 bits per heavy atom. The molecule has 9 nitrogen and oxygen atoms in total. The van der Waals surface area contributed by atoms with Crippen LogP contribution < -0.4 is 5.32 Å². The van der Waals surface area contributed by atoms with E-state index in [0.717, 1.165) is 70.6 Å². The number of carbonyl (C=O) groups is 1. The van der Waals surface area contributed by atoms with Crippen molar-refractivity contribution in [3.05, 3.63) is 85.1 Å². The smallest absolute Gasteiger partial charge is 0.220 e. The molecule has 0 spiro atoms. The predicted molar refractivity (Wildman–Crippen MR) is 336 cm³/mol. The van der Waals surface area contributed by atoms with Crippen LogP contribution in [0.5, 0.6) is 0 Å². The summed E-state index contributed by atoms with van der Waals surface area (Å²) < 4.78 is 11.3. The number of hydrogen-bond donors (Lipinski definition) is 6. The van der Waals surface area contributed by atoms with Crippen molar-refractivity contribution in [2.24, 2.45) is 0 Å². The topological polar surface area (TPSA) is 149 Å². The van der Waals surface area contributed by atoms with Gasteiger partial charge in [0.05, 0.1) is 25.4 Å². The van der Waals surface area contributed by atoms with Gasteiger partial charge in [0.15, 0.2) is 6.29 Å². The van der Waals surface area contributed by atoms with Crippen LogP contribution in [0.25, 0.3) is 0 Å². The van der Waals surface area contributed by atoms with Crippen molar-refractivity contribution in [3.63, 3.8) is 0 Å². The number of carbonyl (C=O) groups excluding carboxylic acids is 1. The number of aliphatic hydroxyl groups is 5. The van der Waals surface area contributed by atoms with E-state index in [1.54, 1.807) is 6.08 Å². The van der Waals surface area contributed by atoms with Crippen LogP contribution in [0.2, 0.25) is 0 Å². The molecule has 458 valence electrons. The van der Waals surface area contributed by atoms with Crippen molar-refractivity contribution in [2.75, 3.05) is 13.2 Å². The standard InChI is InChI=1S/C70H125NO8/c1-3-5-7-9-11-13-15-17-19-21-23-25-27-29-31-32-34-36-38-40-42-44-46-48-50-52-54-56-58-60-66(74)71-63(62-78-70-69(77)68(76)67(75)65(61-72)79-70)64(73)59-57-55-53-51-49-47-45-43-41-39-37-35-33-30-28-26-24-22-20-18-16-14-12-10-8-6-4-2/h5,7,11,13,17,19,23,25,29,31,49,51,57,59,63-65,67-70,72-73,75-77H,3-4,6,8-10,12,14-16,18,20-22,24,26-28,30,32-48,50,52-56,58,60-62H2,1-2H3,(H,71,74)/b7-5-,13-11-,19-17-,25-23-,31-29-,51-49+,59-57+. The van der Waals surface area contributed by atoms with Gasteiger partial charge in [0, 0.05) is 6.42 Å². The highest BCUT2D eigenvalue weighted by molar-refractivity contribution is 5.76. The lowest BCUT2D eigenvalue weighted by Gasteiger charge is -2.40. The zero-order valence-electron chi connectivity index (χ0n) is 51.1.